The molecule has 12 heteroatoms. The maximum absolute atomic E-state index is 13.4. The van der Waals surface area contributed by atoms with Gasteiger partial charge in [0.15, 0.2) is 6.61 Å². The minimum Gasteiger partial charge on any atom is -0.483 e. The number of nitrogens with zero attached hydrogens (tertiary/aromatic N) is 2. The fourth-order valence-corrected chi connectivity index (χ4v) is 3.75. The molecule has 0 aromatic heterocycles. The van der Waals surface area contributed by atoms with Crippen LogP contribution < -0.4 is 10.1 Å². The van der Waals surface area contributed by atoms with E-state index >= 15 is 0 Å². The third-order valence-corrected chi connectivity index (χ3v) is 5.68. The molecule has 0 unspecified atom stereocenters. The van der Waals surface area contributed by atoms with Gasteiger partial charge in [0.25, 0.3) is 17.7 Å². The number of halogens is 4. The molecule has 0 aliphatic carbocycles. The van der Waals surface area contributed by atoms with Gasteiger partial charge in [0, 0.05) is 38.1 Å². The van der Waals surface area contributed by atoms with Crippen LogP contribution in [-0.4, -0.2) is 67.4 Å². The molecule has 1 saturated heterocycles. The molecule has 7 nitrogen and oxygen atoms in total. The molecule has 0 atom stereocenters. The van der Waals surface area contributed by atoms with Gasteiger partial charge in [-0.3, -0.25) is 14.4 Å². The van der Waals surface area contributed by atoms with Gasteiger partial charge in [-0.15, -0.1) is 0 Å². The summed E-state index contributed by atoms with van der Waals surface area (Å²) < 4.78 is 58.4. The van der Waals surface area contributed by atoms with Crippen LogP contribution in [0, 0.1) is 0 Å². The molecule has 2 aromatic rings. The van der Waals surface area contributed by atoms with E-state index in [-0.39, 0.29) is 73.0 Å². The summed E-state index contributed by atoms with van der Waals surface area (Å²) in [6.07, 6.45) is -4.82. The normalized spacial score (nSPS) is 14.0. The smallest absolute Gasteiger partial charge is 0.417 e. The molecule has 3 amide bonds. The number of rotatable bonds is 6. The first-order chi connectivity index (χ1) is 16.2. The van der Waals surface area contributed by atoms with Crippen LogP contribution in [0.4, 0.5) is 17.1 Å². The van der Waals surface area contributed by atoms with Gasteiger partial charge in [-0.2, -0.15) is 17.1 Å². The molecule has 1 heterocycles. The van der Waals surface area contributed by atoms with E-state index in [1.54, 1.807) is 24.3 Å². The quantitative estimate of drug-likeness (QED) is 0.617. The standard InChI is InChI=1S/C22H21F4N3O4S/c1-27-20(31)16-4-2-3-5-18(16)33-13-19(30)28-8-10-29(11-9-28)21(32)15-7-6-14(34-26)12-17(15)22(23,24)25/h2-7,12H,8-11,13H2,1H3,(H,27,31). The molecule has 0 saturated carbocycles. The van der Waals surface area contributed by atoms with E-state index in [2.05, 4.69) is 5.32 Å². The number of carbonyl (C=O) groups excluding carboxylic acids is 3. The highest BCUT2D eigenvalue weighted by Crippen LogP contribution is 2.35. The highest BCUT2D eigenvalue weighted by atomic mass is 32.2. The van der Waals surface area contributed by atoms with Crippen molar-refractivity contribution in [1.29, 1.82) is 0 Å². The number of ether oxygens (including phenoxy) is 1. The third-order valence-electron chi connectivity index (χ3n) is 5.25. The number of alkyl halides is 3. The Morgan fingerprint density at radius 3 is 2.26 bits per heavy atom. The molecular formula is C22H21F4N3O4S. The second kappa shape index (κ2) is 10.8. The van der Waals surface area contributed by atoms with Crippen molar-refractivity contribution >= 4 is 29.9 Å². The summed E-state index contributed by atoms with van der Waals surface area (Å²) in [6, 6.07) is 9.10. The second-order valence-electron chi connectivity index (χ2n) is 7.32. The lowest BCUT2D eigenvalue weighted by Gasteiger charge is -2.35. The van der Waals surface area contributed by atoms with Gasteiger partial charge < -0.3 is 19.9 Å². The molecule has 1 fully saturated rings. The van der Waals surface area contributed by atoms with E-state index in [9.17, 15) is 31.4 Å². The van der Waals surface area contributed by atoms with Gasteiger partial charge in [-0.1, -0.05) is 12.1 Å². The number of hydrogen-bond acceptors (Lipinski definition) is 5. The van der Waals surface area contributed by atoms with Crippen molar-refractivity contribution < 1.29 is 36.2 Å². The molecule has 3 rings (SSSR count). The Morgan fingerprint density at radius 1 is 1.00 bits per heavy atom. The van der Waals surface area contributed by atoms with Gasteiger partial charge in [-0.05, 0) is 30.3 Å². The van der Waals surface area contributed by atoms with Gasteiger partial charge in [0.1, 0.15) is 5.75 Å². The van der Waals surface area contributed by atoms with Crippen molar-refractivity contribution in [2.45, 2.75) is 11.1 Å². The molecule has 1 aliphatic rings. The summed E-state index contributed by atoms with van der Waals surface area (Å²) in [7, 11) is 1.47. The second-order valence-corrected chi connectivity index (χ2v) is 7.94. The van der Waals surface area contributed by atoms with E-state index in [1.165, 1.54) is 16.8 Å². The van der Waals surface area contributed by atoms with Crippen LogP contribution in [0.2, 0.25) is 0 Å². The topological polar surface area (TPSA) is 79.0 Å². The van der Waals surface area contributed by atoms with E-state index in [4.69, 9.17) is 4.74 Å². The lowest BCUT2D eigenvalue weighted by molar-refractivity contribution is -0.138. The highest BCUT2D eigenvalue weighted by Gasteiger charge is 2.37. The van der Waals surface area contributed by atoms with Crippen LogP contribution in [0.25, 0.3) is 0 Å². The van der Waals surface area contributed by atoms with Crippen LogP contribution in [0.1, 0.15) is 26.3 Å². The number of piperazine rings is 1. The fraction of sp³-hybridized carbons (Fsp3) is 0.318. The van der Waals surface area contributed by atoms with Crippen LogP contribution >= 0.6 is 12.1 Å². The van der Waals surface area contributed by atoms with Crippen molar-refractivity contribution in [3.05, 3.63) is 59.2 Å². The van der Waals surface area contributed by atoms with E-state index in [0.717, 1.165) is 12.1 Å². The molecule has 182 valence electrons. The summed E-state index contributed by atoms with van der Waals surface area (Å²) in [6.45, 7) is -0.0925. The van der Waals surface area contributed by atoms with Crippen molar-refractivity contribution in [3.63, 3.8) is 0 Å². The number of para-hydroxylation sites is 1. The van der Waals surface area contributed by atoms with Crippen molar-refractivity contribution in [2.24, 2.45) is 0 Å². The lowest BCUT2D eigenvalue weighted by Crippen LogP contribution is -2.51. The fourth-order valence-electron chi connectivity index (χ4n) is 3.47. The van der Waals surface area contributed by atoms with Gasteiger partial charge in [0.2, 0.25) is 0 Å². The molecule has 34 heavy (non-hydrogen) atoms. The van der Waals surface area contributed by atoms with Crippen molar-refractivity contribution in [1.82, 2.24) is 15.1 Å². The maximum atomic E-state index is 13.4. The first-order valence-electron chi connectivity index (χ1n) is 10.2. The Labute approximate surface area is 197 Å². The van der Waals surface area contributed by atoms with Gasteiger partial charge >= 0.3 is 6.18 Å². The SMILES string of the molecule is CNC(=O)c1ccccc1OCC(=O)N1CCN(C(=O)c2ccc(SF)cc2C(F)(F)F)CC1. The Bertz CT molecular complexity index is 1070. The molecule has 0 radical (unpaired) electrons. The Kier molecular flexibility index (Phi) is 8.02. The number of nitrogens with one attached hydrogen (secondary N) is 1. The summed E-state index contributed by atoms with van der Waals surface area (Å²) >= 11 is -0.338. The van der Waals surface area contributed by atoms with Crippen molar-refractivity contribution in [2.75, 3.05) is 39.8 Å². The molecule has 0 spiro atoms. The van der Waals surface area contributed by atoms with Crippen LogP contribution in [0.5, 0.6) is 5.75 Å². The summed E-state index contributed by atoms with van der Waals surface area (Å²) in [5.74, 6) is -1.37. The zero-order valence-electron chi connectivity index (χ0n) is 18.0. The highest BCUT2D eigenvalue weighted by molar-refractivity contribution is 7.94. The van der Waals surface area contributed by atoms with E-state index < -0.39 is 23.2 Å². The molecule has 2 aromatic carbocycles. The molecule has 1 aliphatic heterocycles. The summed E-state index contributed by atoms with van der Waals surface area (Å²) in [4.78, 5) is 39.6. The molecule has 0 bridgehead atoms. The summed E-state index contributed by atoms with van der Waals surface area (Å²) in [5.41, 5.74) is -1.51. The Morgan fingerprint density at radius 2 is 1.65 bits per heavy atom. The zero-order valence-corrected chi connectivity index (χ0v) is 18.8. The lowest BCUT2D eigenvalue weighted by atomic mass is 10.1. The molecule has 1 N–H and O–H groups in total. The van der Waals surface area contributed by atoms with E-state index in [1.807, 2.05) is 0 Å². The average molecular weight is 499 g/mol. The van der Waals surface area contributed by atoms with Crippen LogP contribution in [0.3, 0.4) is 0 Å². The van der Waals surface area contributed by atoms with Crippen LogP contribution in [-0.2, 0) is 11.0 Å². The predicted molar refractivity (Wildman–Crippen MR) is 116 cm³/mol. The first kappa shape index (κ1) is 25.3. The monoisotopic (exact) mass is 499 g/mol. The van der Waals surface area contributed by atoms with Gasteiger partial charge in [-0.25, -0.2) is 0 Å². The number of benzene rings is 2. The Balaban J connectivity index is 1.61. The summed E-state index contributed by atoms with van der Waals surface area (Å²) in [5, 5.41) is 2.48. The Hall–Kier alpha value is -3.28. The van der Waals surface area contributed by atoms with E-state index in [0.29, 0.717) is 6.07 Å². The van der Waals surface area contributed by atoms with Gasteiger partial charge in [0.05, 0.1) is 28.8 Å². The van der Waals surface area contributed by atoms with Crippen molar-refractivity contribution in [3.8, 4) is 5.75 Å². The predicted octanol–water partition coefficient (Wildman–Crippen LogP) is 3.41. The zero-order chi connectivity index (χ0) is 24.9. The third kappa shape index (κ3) is 5.79. The average Bonchev–Trinajstić information content (AvgIpc) is 2.85. The molecular weight excluding hydrogens is 478 g/mol. The first-order valence-corrected chi connectivity index (χ1v) is 10.9. The minimum atomic E-state index is -4.82. The largest absolute Gasteiger partial charge is 0.483 e. The van der Waals surface area contributed by atoms with Crippen LogP contribution in [0.15, 0.2) is 47.4 Å². The number of amides is 3. The number of carbonyl (C=O) groups is 3. The number of hydrogen-bond donors (Lipinski definition) is 1. The minimum absolute atomic E-state index is 0.0241. The maximum Gasteiger partial charge on any atom is 0.417 e.